The first-order chi connectivity index (χ1) is 10.2. The topological polar surface area (TPSA) is 89.3 Å². The van der Waals surface area contributed by atoms with E-state index in [1.807, 2.05) is 0 Å². The summed E-state index contributed by atoms with van der Waals surface area (Å²) in [6.45, 7) is 1.45. The van der Waals surface area contributed by atoms with Crippen molar-refractivity contribution in [1.82, 2.24) is 0 Å². The molecule has 0 atom stereocenters. The zero-order valence-electron chi connectivity index (χ0n) is 11.2. The van der Waals surface area contributed by atoms with Crippen molar-refractivity contribution < 1.29 is 13.3 Å². The minimum Gasteiger partial charge on any atom is -0.280 e. The lowest BCUT2D eigenvalue weighted by molar-refractivity contribution is -0.385. The van der Waals surface area contributed by atoms with E-state index in [1.54, 1.807) is 12.1 Å². The molecule has 116 valence electrons. The summed E-state index contributed by atoms with van der Waals surface area (Å²) in [5.74, 6) is 0. The highest BCUT2D eigenvalue weighted by Crippen LogP contribution is 2.30. The van der Waals surface area contributed by atoms with Gasteiger partial charge in [-0.05, 0) is 31.2 Å². The van der Waals surface area contributed by atoms with Crippen LogP contribution in [0.2, 0.25) is 10.0 Å². The second-order valence-corrected chi connectivity index (χ2v) is 6.95. The fourth-order valence-electron chi connectivity index (χ4n) is 1.75. The summed E-state index contributed by atoms with van der Waals surface area (Å²) >= 11 is 11.7. The highest BCUT2D eigenvalue weighted by molar-refractivity contribution is 7.92. The Morgan fingerprint density at radius 1 is 1.18 bits per heavy atom. The van der Waals surface area contributed by atoms with Gasteiger partial charge in [0, 0.05) is 16.7 Å². The van der Waals surface area contributed by atoms with Gasteiger partial charge in [-0.1, -0.05) is 29.3 Å². The summed E-state index contributed by atoms with van der Waals surface area (Å²) in [4.78, 5) is 9.99. The fraction of sp³-hybridized carbons (Fsp3) is 0.0769. The molecule has 0 aliphatic carbocycles. The molecular weight excluding hydrogens is 351 g/mol. The van der Waals surface area contributed by atoms with Crippen LogP contribution in [0.3, 0.4) is 0 Å². The van der Waals surface area contributed by atoms with Gasteiger partial charge in [-0.25, -0.2) is 8.42 Å². The van der Waals surface area contributed by atoms with Gasteiger partial charge < -0.3 is 0 Å². The minimum atomic E-state index is -4.02. The molecule has 0 unspecified atom stereocenters. The van der Waals surface area contributed by atoms with Gasteiger partial charge in [0.2, 0.25) is 0 Å². The summed E-state index contributed by atoms with van der Waals surface area (Å²) in [7, 11) is -4.02. The molecule has 6 nitrogen and oxygen atoms in total. The molecule has 0 saturated carbocycles. The first kappa shape index (κ1) is 16.5. The van der Waals surface area contributed by atoms with Crippen molar-refractivity contribution >= 4 is 44.6 Å². The van der Waals surface area contributed by atoms with Gasteiger partial charge in [-0.15, -0.1) is 0 Å². The fourth-order valence-corrected chi connectivity index (χ4v) is 3.32. The predicted octanol–water partition coefficient (Wildman–Crippen LogP) is 4.01. The second kappa shape index (κ2) is 6.12. The van der Waals surface area contributed by atoms with Crippen LogP contribution in [0.15, 0.2) is 41.3 Å². The van der Waals surface area contributed by atoms with Crippen molar-refractivity contribution in [1.29, 1.82) is 0 Å². The first-order valence-electron chi connectivity index (χ1n) is 5.93. The third-order valence-corrected chi connectivity index (χ3v) is 4.86. The van der Waals surface area contributed by atoms with Crippen molar-refractivity contribution in [2.24, 2.45) is 0 Å². The second-order valence-electron chi connectivity index (χ2n) is 4.42. The van der Waals surface area contributed by atoms with Gasteiger partial charge in [0.1, 0.15) is 0 Å². The smallest absolute Gasteiger partial charge is 0.275 e. The Morgan fingerprint density at radius 3 is 2.45 bits per heavy atom. The van der Waals surface area contributed by atoms with Crippen LogP contribution < -0.4 is 4.72 Å². The van der Waals surface area contributed by atoms with E-state index < -0.39 is 14.9 Å². The highest BCUT2D eigenvalue weighted by Gasteiger charge is 2.22. The molecule has 9 heteroatoms. The molecule has 0 fully saturated rings. The van der Waals surface area contributed by atoms with Crippen molar-refractivity contribution in [3.05, 3.63) is 62.1 Å². The Balaban J connectivity index is 2.48. The van der Waals surface area contributed by atoms with Crippen LogP contribution in [0.25, 0.3) is 0 Å². The molecule has 0 spiro atoms. The molecule has 0 aromatic heterocycles. The lowest BCUT2D eigenvalue weighted by Crippen LogP contribution is -2.13. The third kappa shape index (κ3) is 3.49. The summed E-state index contributed by atoms with van der Waals surface area (Å²) in [6, 6.07) is 8.22. The summed E-state index contributed by atoms with van der Waals surface area (Å²) in [5.41, 5.74) is 0.0826. The maximum absolute atomic E-state index is 12.3. The Kier molecular flexibility index (Phi) is 4.60. The largest absolute Gasteiger partial charge is 0.280 e. The van der Waals surface area contributed by atoms with Crippen LogP contribution in [0.5, 0.6) is 0 Å². The maximum Gasteiger partial charge on any atom is 0.275 e. The van der Waals surface area contributed by atoms with Gasteiger partial charge in [0.25, 0.3) is 15.7 Å². The van der Waals surface area contributed by atoms with E-state index in [0.29, 0.717) is 5.02 Å². The van der Waals surface area contributed by atoms with Crippen LogP contribution in [0, 0.1) is 17.0 Å². The molecular formula is C13H10Cl2N2O4S. The summed E-state index contributed by atoms with van der Waals surface area (Å²) in [6.07, 6.45) is 0. The Bertz CT molecular complexity index is 853. The number of rotatable bonds is 4. The van der Waals surface area contributed by atoms with Gasteiger partial charge in [-0.3, -0.25) is 14.8 Å². The number of nitrogens with zero attached hydrogens (tertiary/aromatic N) is 1. The van der Waals surface area contributed by atoms with E-state index in [4.69, 9.17) is 23.2 Å². The molecule has 0 aliphatic rings. The van der Waals surface area contributed by atoms with E-state index in [1.165, 1.54) is 19.1 Å². The zero-order valence-corrected chi connectivity index (χ0v) is 13.5. The van der Waals surface area contributed by atoms with Crippen molar-refractivity contribution in [2.75, 3.05) is 4.72 Å². The summed E-state index contributed by atoms with van der Waals surface area (Å²) < 4.78 is 26.9. The molecule has 0 saturated heterocycles. The Morgan fingerprint density at radius 2 is 1.86 bits per heavy atom. The molecule has 0 amide bonds. The first-order valence-corrected chi connectivity index (χ1v) is 8.17. The average Bonchev–Trinajstić information content (AvgIpc) is 2.40. The number of nitro benzene ring substituents is 1. The van der Waals surface area contributed by atoms with E-state index in [-0.39, 0.29) is 26.9 Å². The van der Waals surface area contributed by atoms with Gasteiger partial charge in [0.15, 0.2) is 0 Å². The molecule has 22 heavy (non-hydrogen) atoms. The monoisotopic (exact) mass is 360 g/mol. The SMILES string of the molecule is Cc1c(Cl)cc(S(=O)(=O)Nc2cccc(Cl)c2)cc1[N+](=O)[O-]. The molecule has 0 bridgehead atoms. The Hall–Kier alpha value is -1.83. The zero-order chi connectivity index (χ0) is 16.5. The quantitative estimate of drug-likeness (QED) is 0.658. The molecule has 1 N–H and O–H groups in total. The number of sulfonamides is 1. The van der Waals surface area contributed by atoms with E-state index >= 15 is 0 Å². The molecule has 2 aromatic carbocycles. The van der Waals surface area contributed by atoms with Gasteiger partial charge >= 0.3 is 0 Å². The van der Waals surface area contributed by atoms with E-state index in [0.717, 1.165) is 12.1 Å². The lowest BCUT2D eigenvalue weighted by atomic mass is 10.2. The van der Waals surface area contributed by atoms with Gasteiger partial charge in [0.05, 0.1) is 20.5 Å². The summed E-state index contributed by atoms with van der Waals surface area (Å²) in [5, 5.41) is 11.3. The molecule has 2 aromatic rings. The number of halogens is 2. The number of benzene rings is 2. The lowest BCUT2D eigenvalue weighted by Gasteiger charge is -2.10. The van der Waals surface area contributed by atoms with Crippen LogP contribution in [-0.2, 0) is 10.0 Å². The number of anilines is 1. The number of nitro groups is 1. The third-order valence-electron chi connectivity index (χ3n) is 2.87. The van der Waals surface area contributed by atoms with Gasteiger partial charge in [-0.2, -0.15) is 0 Å². The van der Waals surface area contributed by atoms with Crippen molar-refractivity contribution in [3.63, 3.8) is 0 Å². The van der Waals surface area contributed by atoms with Crippen molar-refractivity contribution in [3.8, 4) is 0 Å². The van der Waals surface area contributed by atoms with Crippen LogP contribution in [-0.4, -0.2) is 13.3 Å². The highest BCUT2D eigenvalue weighted by atomic mass is 35.5. The number of hydrogen-bond donors (Lipinski definition) is 1. The normalized spacial score (nSPS) is 11.2. The maximum atomic E-state index is 12.3. The molecule has 0 aliphatic heterocycles. The molecule has 0 heterocycles. The minimum absolute atomic E-state index is 0.000620. The van der Waals surface area contributed by atoms with Crippen LogP contribution >= 0.6 is 23.2 Å². The van der Waals surface area contributed by atoms with Crippen molar-refractivity contribution in [2.45, 2.75) is 11.8 Å². The molecule has 2 rings (SSSR count). The van der Waals surface area contributed by atoms with E-state index in [9.17, 15) is 18.5 Å². The average molecular weight is 361 g/mol. The van der Waals surface area contributed by atoms with Crippen LogP contribution in [0.4, 0.5) is 11.4 Å². The Labute approximate surface area is 136 Å². The van der Waals surface area contributed by atoms with Crippen LogP contribution in [0.1, 0.15) is 5.56 Å². The standard InChI is InChI=1S/C13H10Cl2N2O4S/c1-8-12(15)6-11(7-13(8)17(18)19)22(20,21)16-10-4-2-3-9(14)5-10/h2-7,16H,1H3. The predicted molar refractivity (Wildman–Crippen MR) is 85.1 cm³/mol. The van der Waals surface area contributed by atoms with E-state index in [2.05, 4.69) is 4.72 Å². The number of nitrogens with one attached hydrogen (secondary N) is 1. The molecule has 0 radical (unpaired) electrons. The number of hydrogen-bond acceptors (Lipinski definition) is 4.